The van der Waals surface area contributed by atoms with E-state index in [1.165, 1.54) is 11.6 Å². The molecule has 6 N–H and O–H groups in total. The lowest BCUT2D eigenvalue weighted by Gasteiger charge is -2.31. The standard InChI is InChI=1S/C14H15N3O2.C5H5NO2/c15-6-8-1-2-9-3-4-17(7-10(9)5-8)12-11(16)13(18)14(12)19;7-5(8)4-2-1-3-6-4/h1-2,5H,3-4,6-7,15-16H2;1-3,6H,(H,7,8). The van der Waals surface area contributed by atoms with Gasteiger partial charge in [-0.2, -0.15) is 0 Å². The zero-order valence-electron chi connectivity index (χ0n) is 14.6. The van der Waals surface area contributed by atoms with Gasteiger partial charge < -0.3 is 26.5 Å². The summed E-state index contributed by atoms with van der Waals surface area (Å²) in [6.45, 7) is 1.82. The van der Waals surface area contributed by atoms with Crippen molar-refractivity contribution in [2.75, 3.05) is 17.2 Å². The lowest BCUT2D eigenvalue weighted by molar-refractivity contribution is 0.0691. The summed E-state index contributed by atoms with van der Waals surface area (Å²) in [4.78, 5) is 37.2. The van der Waals surface area contributed by atoms with Crippen LogP contribution in [0.15, 0.2) is 46.1 Å². The number of hydrogen-bond acceptors (Lipinski definition) is 6. The second-order valence-corrected chi connectivity index (χ2v) is 6.29. The minimum Gasteiger partial charge on any atom is -0.477 e. The highest BCUT2D eigenvalue weighted by molar-refractivity contribution is 5.85. The number of hydrogen-bond donors (Lipinski definition) is 4. The number of anilines is 2. The van der Waals surface area contributed by atoms with Gasteiger partial charge in [0.1, 0.15) is 17.1 Å². The second-order valence-electron chi connectivity index (χ2n) is 6.29. The molecule has 0 atom stereocenters. The minimum absolute atomic E-state index is 0.100. The number of nitrogen functional groups attached to an aromatic ring is 1. The molecule has 8 nitrogen and oxygen atoms in total. The highest BCUT2D eigenvalue weighted by Gasteiger charge is 2.26. The molecule has 4 rings (SSSR count). The van der Waals surface area contributed by atoms with E-state index in [4.69, 9.17) is 16.6 Å². The van der Waals surface area contributed by atoms with Crippen LogP contribution in [0.5, 0.6) is 0 Å². The number of H-pyrrole nitrogens is 1. The predicted molar refractivity (Wildman–Crippen MR) is 103 cm³/mol. The smallest absolute Gasteiger partial charge is 0.352 e. The van der Waals surface area contributed by atoms with Crippen LogP contribution in [0.25, 0.3) is 0 Å². The van der Waals surface area contributed by atoms with Crippen LogP contribution in [-0.4, -0.2) is 22.6 Å². The first kappa shape index (κ1) is 18.4. The van der Waals surface area contributed by atoms with Gasteiger partial charge in [-0.25, -0.2) is 4.79 Å². The van der Waals surface area contributed by atoms with E-state index in [1.54, 1.807) is 12.3 Å². The van der Waals surface area contributed by atoms with Crippen LogP contribution >= 0.6 is 0 Å². The van der Waals surface area contributed by atoms with Crippen LogP contribution in [0.4, 0.5) is 11.4 Å². The summed E-state index contributed by atoms with van der Waals surface area (Å²) in [6, 6.07) is 9.31. The lowest BCUT2D eigenvalue weighted by Crippen LogP contribution is -2.44. The molecular formula is C19H20N4O4. The number of carboxylic acids is 1. The topological polar surface area (TPSA) is 143 Å². The number of fused-ring (bicyclic) bond motifs is 1. The third kappa shape index (κ3) is 3.61. The van der Waals surface area contributed by atoms with Crippen molar-refractivity contribution in [3.8, 4) is 0 Å². The van der Waals surface area contributed by atoms with Gasteiger partial charge in [-0.1, -0.05) is 18.2 Å². The van der Waals surface area contributed by atoms with E-state index in [0.29, 0.717) is 25.3 Å². The Balaban J connectivity index is 0.000000221. The Morgan fingerprint density at radius 3 is 2.52 bits per heavy atom. The van der Waals surface area contributed by atoms with Gasteiger partial charge in [0.05, 0.1) is 0 Å². The summed E-state index contributed by atoms with van der Waals surface area (Å²) < 4.78 is 0. The number of nitrogens with two attached hydrogens (primary N) is 2. The molecule has 2 heterocycles. The summed E-state index contributed by atoms with van der Waals surface area (Å²) >= 11 is 0. The van der Waals surface area contributed by atoms with Crippen molar-refractivity contribution in [1.82, 2.24) is 4.98 Å². The number of aromatic nitrogens is 1. The Morgan fingerprint density at radius 1 is 1.19 bits per heavy atom. The Kier molecular flexibility index (Phi) is 5.09. The number of carboxylic acid groups (broad SMARTS) is 1. The minimum atomic E-state index is -0.921. The molecule has 3 aromatic rings. The molecular weight excluding hydrogens is 348 g/mol. The first-order chi connectivity index (χ1) is 12.9. The zero-order chi connectivity index (χ0) is 19.6. The van der Waals surface area contributed by atoms with Crippen LogP contribution in [0, 0.1) is 0 Å². The molecule has 0 fully saturated rings. The average molecular weight is 368 g/mol. The van der Waals surface area contributed by atoms with Crippen molar-refractivity contribution in [1.29, 1.82) is 0 Å². The molecule has 0 bridgehead atoms. The van der Waals surface area contributed by atoms with Crippen LogP contribution in [0.1, 0.15) is 27.2 Å². The van der Waals surface area contributed by atoms with E-state index >= 15 is 0 Å². The maximum Gasteiger partial charge on any atom is 0.352 e. The first-order valence-electron chi connectivity index (χ1n) is 8.43. The average Bonchev–Trinajstić information content (AvgIpc) is 3.23. The van der Waals surface area contributed by atoms with E-state index in [-0.39, 0.29) is 11.4 Å². The molecule has 1 aliphatic rings. The van der Waals surface area contributed by atoms with Crippen molar-refractivity contribution in [2.24, 2.45) is 5.73 Å². The van der Waals surface area contributed by atoms with Gasteiger partial charge in [0.25, 0.3) is 10.9 Å². The zero-order valence-corrected chi connectivity index (χ0v) is 14.6. The normalized spacial score (nSPS) is 13.0. The number of carbonyl (C=O) groups is 1. The number of nitrogens with one attached hydrogen (secondary N) is 1. The van der Waals surface area contributed by atoms with Crippen molar-refractivity contribution in [3.05, 3.63) is 79.4 Å². The maximum absolute atomic E-state index is 11.6. The Morgan fingerprint density at radius 2 is 1.96 bits per heavy atom. The Labute approximate surface area is 154 Å². The fourth-order valence-electron chi connectivity index (χ4n) is 3.10. The van der Waals surface area contributed by atoms with Gasteiger partial charge in [0, 0.05) is 25.8 Å². The monoisotopic (exact) mass is 368 g/mol. The van der Waals surface area contributed by atoms with Gasteiger partial charge in [-0.3, -0.25) is 9.59 Å². The van der Waals surface area contributed by atoms with Crippen molar-refractivity contribution in [3.63, 3.8) is 0 Å². The van der Waals surface area contributed by atoms with E-state index in [0.717, 1.165) is 17.5 Å². The van der Waals surface area contributed by atoms with Crippen molar-refractivity contribution in [2.45, 2.75) is 19.5 Å². The Bertz CT molecular complexity index is 1030. The van der Waals surface area contributed by atoms with E-state index in [1.807, 2.05) is 11.0 Å². The molecule has 2 aromatic carbocycles. The fraction of sp³-hybridized carbons (Fsp3) is 0.211. The number of nitrogens with zero attached hydrogens (tertiary/aromatic N) is 1. The van der Waals surface area contributed by atoms with Crippen molar-refractivity contribution >= 4 is 17.3 Å². The van der Waals surface area contributed by atoms with E-state index < -0.39 is 16.8 Å². The summed E-state index contributed by atoms with van der Waals surface area (Å²) in [5.74, 6) is -0.921. The van der Waals surface area contributed by atoms with Crippen LogP contribution in [0.2, 0.25) is 0 Å². The van der Waals surface area contributed by atoms with E-state index in [2.05, 4.69) is 17.1 Å². The molecule has 0 spiro atoms. The predicted octanol–water partition coefficient (Wildman–Crippen LogP) is 0.599. The summed E-state index contributed by atoms with van der Waals surface area (Å²) in [5, 5.41) is 8.24. The summed E-state index contributed by atoms with van der Waals surface area (Å²) in [6.07, 6.45) is 2.42. The molecule has 1 aromatic heterocycles. The molecule has 0 amide bonds. The molecule has 27 heavy (non-hydrogen) atoms. The van der Waals surface area contributed by atoms with Gasteiger partial charge in [-0.05, 0) is 35.2 Å². The molecule has 1 aliphatic heterocycles. The maximum atomic E-state index is 11.6. The summed E-state index contributed by atoms with van der Waals surface area (Å²) in [5.41, 5.74) is 14.4. The lowest BCUT2D eigenvalue weighted by atomic mass is 9.96. The summed E-state index contributed by atoms with van der Waals surface area (Å²) in [7, 11) is 0. The number of aromatic carboxylic acids is 1. The van der Waals surface area contributed by atoms with Gasteiger partial charge in [0.15, 0.2) is 0 Å². The molecule has 0 saturated heterocycles. The highest BCUT2D eigenvalue weighted by Crippen LogP contribution is 2.26. The first-order valence-corrected chi connectivity index (χ1v) is 8.43. The SMILES string of the molecule is NCc1ccc2c(c1)CN(c1c(N)c(=O)c1=O)CC2.O=C(O)c1ccc[nH]1. The molecule has 0 unspecified atom stereocenters. The van der Waals surface area contributed by atoms with Crippen LogP contribution in [-0.2, 0) is 19.5 Å². The molecule has 0 aliphatic carbocycles. The fourth-order valence-corrected chi connectivity index (χ4v) is 3.10. The largest absolute Gasteiger partial charge is 0.477 e. The third-order valence-electron chi connectivity index (χ3n) is 4.58. The van der Waals surface area contributed by atoms with E-state index in [9.17, 15) is 14.4 Å². The molecule has 0 radical (unpaired) electrons. The van der Waals surface area contributed by atoms with Gasteiger partial charge >= 0.3 is 5.97 Å². The number of rotatable bonds is 3. The molecule has 0 saturated carbocycles. The van der Waals surface area contributed by atoms with Gasteiger partial charge in [-0.15, -0.1) is 0 Å². The van der Waals surface area contributed by atoms with Crippen molar-refractivity contribution < 1.29 is 9.90 Å². The van der Waals surface area contributed by atoms with Gasteiger partial charge in [0.2, 0.25) is 0 Å². The number of benzene rings is 1. The molecule has 140 valence electrons. The Hall–Kier alpha value is -3.39. The van der Waals surface area contributed by atoms with Crippen LogP contribution in [0.3, 0.4) is 0 Å². The quantitative estimate of drug-likeness (QED) is 0.496. The molecule has 8 heteroatoms. The van der Waals surface area contributed by atoms with Crippen LogP contribution < -0.4 is 27.2 Å². The highest BCUT2D eigenvalue weighted by atomic mass is 16.4. The number of aromatic amines is 1. The third-order valence-corrected chi connectivity index (χ3v) is 4.58. The second kappa shape index (κ2) is 7.46.